The Hall–Kier alpha value is -0.700. The molecule has 0 saturated heterocycles. The van der Waals surface area contributed by atoms with E-state index in [0.717, 1.165) is 29.9 Å². The Kier molecular flexibility index (Phi) is 5.54. The van der Waals surface area contributed by atoms with E-state index in [9.17, 15) is 0 Å². The Labute approximate surface area is 99.7 Å². The van der Waals surface area contributed by atoms with Gasteiger partial charge in [-0.25, -0.2) is 0 Å². The van der Waals surface area contributed by atoms with Gasteiger partial charge in [0.1, 0.15) is 11.5 Å². The number of halogens is 1. The van der Waals surface area contributed by atoms with Crippen LogP contribution >= 0.6 is 15.9 Å². The molecule has 15 heavy (non-hydrogen) atoms. The first kappa shape index (κ1) is 12.4. The average Bonchev–Trinajstić information content (AvgIpc) is 2.20. The van der Waals surface area contributed by atoms with Crippen LogP contribution in [-0.2, 0) is 0 Å². The molecule has 1 aromatic rings. The monoisotopic (exact) mass is 272 g/mol. The molecule has 0 aliphatic carbocycles. The van der Waals surface area contributed by atoms with Gasteiger partial charge in [-0.05, 0) is 44.5 Å². The second-order valence-corrected chi connectivity index (χ2v) is 4.32. The Morgan fingerprint density at radius 1 is 1.13 bits per heavy atom. The lowest BCUT2D eigenvalue weighted by molar-refractivity contribution is 0.241. The molecule has 3 heteroatoms. The summed E-state index contributed by atoms with van der Waals surface area (Å²) in [5.74, 6) is 1.78. The Bertz CT molecular complexity index is 269. The van der Waals surface area contributed by atoms with E-state index < -0.39 is 0 Å². The van der Waals surface area contributed by atoms with Gasteiger partial charge in [-0.1, -0.05) is 15.9 Å². The highest BCUT2D eigenvalue weighted by Gasteiger charge is 1.98. The van der Waals surface area contributed by atoms with E-state index >= 15 is 0 Å². The van der Waals surface area contributed by atoms with E-state index in [2.05, 4.69) is 15.9 Å². The van der Waals surface area contributed by atoms with Gasteiger partial charge in [-0.2, -0.15) is 0 Å². The van der Waals surface area contributed by atoms with Crippen LogP contribution in [-0.4, -0.2) is 18.0 Å². The van der Waals surface area contributed by atoms with Crippen LogP contribution < -0.4 is 9.47 Å². The maximum absolute atomic E-state index is 5.53. The molecule has 0 aliphatic rings. The smallest absolute Gasteiger partial charge is 0.119 e. The van der Waals surface area contributed by atoms with Crippen molar-refractivity contribution < 1.29 is 9.47 Å². The Balaban J connectivity index is 2.42. The summed E-state index contributed by atoms with van der Waals surface area (Å²) in [5, 5.41) is 0.974. The second-order valence-electron chi connectivity index (χ2n) is 3.53. The first-order chi connectivity index (χ1) is 7.22. The van der Waals surface area contributed by atoms with Crippen molar-refractivity contribution in [3.05, 3.63) is 24.3 Å². The number of alkyl halides is 1. The molecular formula is C12H17BrO2. The van der Waals surface area contributed by atoms with Crippen molar-refractivity contribution in [3.63, 3.8) is 0 Å². The fourth-order valence-corrected chi connectivity index (χ4v) is 1.36. The van der Waals surface area contributed by atoms with Crippen molar-refractivity contribution >= 4 is 15.9 Å². The van der Waals surface area contributed by atoms with Crippen LogP contribution in [0.4, 0.5) is 0 Å². The summed E-state index contributed by atoms with van der Waals surface area (Å²) in [6.07, 6.45) is 1.23. The van der Waals surface area contributed by atoms with Crippen LogP contribution in [0, 0.1) is 0 Å². The van der Waals surface area contributed by atoms with Crippen molar-refractivity contribution in [1.82, 2.24) is 0 Å². The molecule has 0 N–H and O–H groups in total. The molecule has 2 nitrogen and oxygen atoms in total. The van der Waals surface area contributed by atoms with E-state index in [4.69, 9.17) is 9.47 Å². The maximum atomic E-state index is 5.53. The van der Waals surface area contributed by atoms with Gasteiger partial charge in [-0.3, -0.25) is 0 Å². The number of ether oxygens (including phenoxy) is 2. The van der Waals surface area contributed by atoms with Gasteiger partial charge < -0.3 is 9.47 Å². The first-order valence-corrected chi connectivity index (χ1v) is 6.30. The highest BCUT2D eigenvalue weighted by atomic mass is 79.9. The molecule has 1 rings (SSSR count). The molecule has 0 spiro atoms. The third-order valence-electron chi connectivity index (χ3n) is 1.74. The minimum atomic E-state index is 0.213. The van der Waals surface area contributed by atoms with Gasteiger partial charge in [0.25, 0.3) is 0 Å². The SMILES string of the molecule is CC(C)Oc1ccc(OCCCBr)cc1. The van der Waals surface area contributed by atoms with E-state index in [1.54, 1.807) is 0 Å². The van der Waals surface area contributed by atoms with E-state index in [1.807, 2.05) is 38.1 Å². The van der Waals surface area contributed by atoms with Crippen molar-refractivity contribution in [3.8, 4) is 11.5 Å². The molecule has 1 aromatic carbocycles. The molecule has 0 heterocycles. The Morgan fingerprint density at radius 2 is 1.73 bits per heavy atom. The summed E-state index contributed by atoms with van der Waals surface area (Å²) < 4.78 is 11.1. The fourth-order valence-electron chi connectivity index (χ4n) is 1.13. The van der Waals surface area contributed by atoms with Gasteiger partial charge in [0, 0.05) is 5.33 Å². The average molecular weight is 273 g/mol. The summed E-state index contributed by atoms with van der Waals surface area (Å²) in [6.45, 7) is 4.77. The topological polar surface area (TPSA) is 18.5 Å². The molecule has 0 atom stereocenters. The predicted octanol–water partition coefficient (Wildman–Crippen LogP) is 3.64. The molecule has 0 unspecified atom stereocenters. The van der Waals surface area contributed by atoms with Crippen molar-refractivity contribution in [1.29, 1.82) is 0 Å². The summed E-state index contributed by atoms with van der Waals surface area (Å²) in [5.41, 5.74) is 0. The number of benzene rings is 1. The van der Waals surface area contributed by atoms with Crippen LogP contribution in [0.3, 0.4) is 0 Å². The van der Waals surface area contributed by atoms with Crippen LogP contribution in [0.15, 0.2) is 24.3 Å². The van der Waals surface area contributed by atoms with Gasteiger partial charge in [0.2, 0.25) is 0 Å². The zero-order valence-corrected chi connectivity index (χ0v) is 10.8. The Morgan fingerprint density at radius 3 is 2.27 bits per heavy atom. The van der Waals surface area contributed by atoms with Gasteiger partial charge in [-0.15, -0.1) is 0 Å². The molecular weight excluding hydrogens is 256 g/mol. The fraction of sp³-hybridized carbons (Fsp3) is 0.500. The summed E-state index contributed by atoms with van der Waals surface area (Å²) >= 11 is 3.36. The normalized spacial score (nSPS) is 10.4. The zero-order chi connectivity index (χ0) is 11.1. The predicted molar refractivity (Wildman–Crippen MR) is 66.1 cm³/mol. The molecule has 0 aromatic heterocycles. The highest BCUT2D eigenvalue weighted by Crippen LogP contribution is 2.18. The van der Waals surface area contributed by atoms with Crippen LogP contribution in [0.2, 0.25) is 0 Å². The third-order valence-corrected chi connectivity index (χ3v) is 2.30. The zero-order valence-electron chi connectivity index (χ0n) is 9.20. The highest BCUT2D eigenvalue weighted by molar-refractivity contribution is 9.09. The van der Waals surface area contributed by atoms with Crippen LogP contribution in [0.25, 0.3) is 0 Å². The van der Waals surface area contributed by atoms with Gasteiger partial charge in [0.05, 0.1) is 12.7 Å². The third kappa shape index (κ3) is 5.07. The van der Waals surface area contributed by atoms with Crippen LogP contribution in [0.5, 0.6) is 11.5 Å². The lowest BCUT2D eigenvalue weighted by atomic mass is 10.3. The second kappa shape index (κ2) is 6.72. The molecule has 0 aliphatic heterocycles. The number of rotatable bonds is 6. The van der Waals surface area contributed by atoms with Crippen molar-refractivity contribution in [2.75, 3.05) is 11.9 Å². The number of hydrogen-bond acceptors (Lipinski definition) is 2. The number of hydrogen-bond donors (Lipinski definition) is 0. The van der Waals surface area contributed by atoms with E-state index in [-0.39, 0.29) is 6.10 Å². The molecule has 0 bridgehead atoms. The van der Waals surface area contributed by atoms with Crippen molar-refractivity contribution in [2.24, 2.45) is 0 Å². The molecule has 0 radical (unpaired) electrons. The molecule has 84 valence electrons. The summed E-state index contributed by atoms with van der Waals surface area (Å²) in [4.78, 5) is 0. The molecule has 0 fully saturated rings. The minimum absolute atomic E-state index is 0.213. The molecule has 0 saturated carbocycles. The quantitative estimate of drug-likeness (QED) is 0.582. The summed E-state index contributed by atoms with van der Waals surface area (Å²) in [6, 6.07) is 7.74. The van der Waals surface area contributed by atoms with E-state index in [0.29, 0.717) is 0 Å². The minimum Gasteiger partial charge on any atom is -0.494 e. The maximum Gasteiger partial charge on any atom is 0.119 e. The van der Waals surface area contributed by atoms with Crippen molar-refractivity contribution in [2.45, 2.75) is 26.4 Å². The van der Waals surface area contributed by atoms with Crippen LogP contribution in [0.1, 0.15) is 20.3 Å². The standard InChI is InChI=1S/C12H17BrO2/c1-10(2)15-12-6-4-11(5-7-12)14-9-3-8-13/h4-7,10H,3,8-9H2,1-2H3. The first-order valence-electron chi connectivity index (χ1n) is 5.18. The lowest BCUT2D eigenvalue weighted by Gasteiger charge is -2.10. The lowest BCUT2D eigenvalue weighted by Crippen LogP contribution is -2.05. The largest absolute Gasteiger partial charge is 0.494 e. The van der Waals surface area contributed by atoms with E-state index in [1.165, 1.54) is 0 Å². The van der Waals surface area contributed by atoms with Gasteiger partial charge >= 0.3 is 0 Å². The summed E-state index contributed by atoms with van der Waals surface area (Å²) in [7, 11) is 0. The van der Waals surface area contributed by atoms with Gasteiger partial charge in [0.15, 0.2) is 0 Å². The molecule has 0 amide bonds.